The Hall–Kier alpha value is 0.350. The summed E-state index contributed by atoms with van der Waals surface area (Å²) in [5.41, 5.74) is 0. The minimum atomic E-state index is -3.32. The summed E-state index contributed by atoms with van der Waals surface area (Å²) in [6.07, 6.45) is 4.82. The number of hydrogen-bond acceptors (Lipinski definition) is 2. The van der Waals surface area contributed by atoms with Crippen molar-refractivity contribution in [1.29, 1.82) is 0 Å². The topological polar surface area (TPSA) is 49.4 Å². The van der Waals surface area contributed by atoms with Gasteiger partial charge in [0.2, 0.25) is 0 Å². The third-order valence-electron chi connectivity index (χ3n) is 3.90. The molecule has 0 saturated heterocycles. The molecule has 1 aliphatic rings. The summed E-state index contributed by atoms with van der Waals surface area (Å²) in [6.45, 7) is 4.32. The Bertz CT molecular complexity index is 346. The van der Waals surface area contributed by atoms with Gasteiger partial charge in [-0.15, -0.1) is 0 Å². The molecule has 1 aliphatic carbocycles. The maximum atomic E-state index is 12.0. The monoisotopic (exact) mass is 340 g/mol. The van der Waals surface area contributed by atoms with E-state index < -0.39 is 10.2 Å². The molecular formula is C12H25BrN2O2S. The van der Waals surface area contributed by atoms with Gasteiger partial charge in [0.25, 0.3) is 10.2 Å². The lowest BCUT2D eigenvalue weighted by atomic mass is 9.80. The average Bonchev–Trinajstić information content (AvgIpc) is 2.35. The predicted molar refractivity (Wildman–Crippen MR) is 79.1 cm³/mol. The van der Waals surface area contributed by atoms with Gasteiger partial charge in [0, 0.05) is 25.0 Å². The molecule has 0 spiro atoms. The Kier molecular flexibility index (Phi) is 6.58. The summed E-state index contributed by atoms with van der Waals surface area (Å²) in [4.78, 5) is 0. The number of nitrogens with zero attached hydrogens (tertiary/aromatic N) is 1. The number of halogens is 1. The molecule has 1 fully saturated rings. The van der Waals surface area contributed by atoms with Gasteiger partial charge >= 0.3 is 0 Å². The zero-order valence-corrected chi connectivity index (χ0v) is 13.9. The van der Waals surface area contributed by atoms with E-state index in [9.17, 15) is 8.42 Å². The molecule has 1 N–H and O–H groups in total. The minimum Gasteiger partial charge on any atom is -0.202 e. The Labute approximate surface area is 120 Å². The van der Waals surface area contributed by atoms with Gasteiger partial charge in [-0.2, -0.15) is 12.7 Å². The third-order valence-corrected chi connectivity index (χ3v) is 6.44. The van der Waals surface area contributed by atoms with Crippen LogP contribution in [0.1, 0.15) is 39.5 Å². The van der Waals surface area contributed by atoms with Crippen LogP contribution in [0.25, 0.3) is 0 Å². The highest BCUT2D eigenvalue weighted by molar-refractivity contribution is 9.09. The molecule has 0 aliphatic heterocycles. The standard InChI is InChI=1S/C12H25BrN2O2S/c1-10(2)15(3)18(16,17)14-9-12-7-5-4-6-11(12)8-13/h10-12,14H,4-9H2,1-3H3. The maximum absolute atomic E-state index is 12.0. The van der Waals surface area contributed by atoms with E-state index in [1.54, 1.807) is 7.05 Å². The molecule has 0 radical (unpaired) electrons. The van der Waals surface area contributed by atoms with Gasteiger partial charge in [0.1, 0.15) is 0 Å². The smallest absolute Gasteiger partial charge is 0.202 e. The average molecular weight is 341 g/mol. The van der Waals surface area contributed by atoms with Crippen molar-refractivity contribution in [3.63, 3.8) is 0 Å². The lowest BCUT2D eigenvalue weighted by Crippen LogP contribution is -2.44. The summed E-state index contributed by atoms with van der Waals surface area (Å²) in [7, 11) is -1.70. The van der Waals surface area contributed by atoms with Crippen LogP contribution in [-0.2, 0) is 10.2 Å². The summed E-state index contributed by atoms with van der Waals surface area (Å²) < 4.78 is 28.2. The van der Waals surface area contributed by atoms with E-state index in [4.69, 9.17) is 0 Å². The zero-order valence-electron chi connectivity index (χ0n) is 11.5. The number of nitrogens with one attached hydrogen (secondary N) is 1. The molecule has 0 aromatic heterocycles. The van der Waals surface area contributed by atoms with Gasteiger partial charge in [-0.25, -0.2) is 4.72 Å². The van der Waals surface area contributed by atoms with Gasteiger partial charge < -0.3 is 0 Å². The van der Waals surface area contributed by atoms with Crippen LogP contribution in [-0.4, -0.2) is 37.7 Å². The lowest BCUT2D eigenvalue weighted by molar-refractivity contribution is 0.261. The highest BCUT2D eigenvalue weighted by Gasteiger charge is 2.27. The molecule has 0 amide bonds. The van der Waals surface area contributed by atoms with E-state index in [-0.39, 0.29) is 6.04 Å². The van der Waals surface area contributed by atoms with Crippen LogP contribution in [0.15, 0.2) is 0 Å². The van der Waals surface area contributed by atoms with Crippen LogP contribution < -0.4 is 4.72 Å². The number of rotatable bonds is 6. The second kappa shape index (κ2) is 7.22. The van der Waals surface area contributed by atoms with Gasteiger partial charge in [0.15, 0.2) is 0 Å². The Balaban J connectivity index is 2.53. The van der Waals surface area contributed by atoms with E-state index in [0.29, 0.717) is 18.4 Å². The molecule has 0 aromatic carbocycles. The van der Waals surface area contributed by atoms with Gasteiger partial charge in [0.05, 0.1) is 0 Å². The zero-order chi connectivity index (χ0) is 13.8. The SMILES string of the molecule is CC(C)N(C)S(=O)(=O)NCC1CCCCC1CBr. The minimum absolute atomic E-state index is 0.0131. The first-order valence-corrected chi connectivity index (χ1v) is 9.23. The van der Waals surface area contributed by atoms with Gasteiger partial charge in [-0.3, -0.25) is 0 Å². The van der Waals surface area contributed by atoms with Crippen LogP contribution in [0.5, 0.6) is 0 Å². The van der Waals surface area contributed by atoms with Crippen LogP contribution in [0, 0.1) is 11.8 Å². The number of hydrogen-bond donors (Lipinski definition) is 1. The van der Waals surface area contributed by atoms with Crippen molar-refractivity contribution >= 4 is 26.1 Å². The van der Waals surface area contributed by atoms with Gasteiger partial charge in [-0.05, 0) is 38.5 Å². The molecule has 18 heavy (non-hydrogen) atoms. The molecule has 4 nitrogen and oxygen atoms in total. The van der Waals surface area contributed by atoms with Crippen molar-refractivity contribution in [2.24, 2.45) is 11.8 Å². The van der Waals surface area contributed by atoms with Crippen molar-refractivity contribution in [3.8, 4) is 0 Å². The second-order valence-electron chi connectivity index (χ2n) is 5.42. The maximum Gasteiger partial charge on any atom is 0.279 e. The van der Waals surface area contributed by atoms with Crippen LogP contribution in [0.4, 0.5) is 0 Å². The molecule has 0 aromatic rings. The largest absolute Gasteiger partial charge is 0.279 e. The molecule has 1 saturated carbocycles. The highest BCUT2D eigenvalue weighted by atomic mass is 79.9. The van der Waals surface area contributed by atoms with E-state index in [1.165, 1.54) is 23.6 Å². The molecule has 0 bridgehead atoms. The Morgan fingerprint density at radius 3 is 2.33 bits per heavy atom. The summed E-state index contributed by atoms with van der Waals surface area (Å²) in [5, 5.41) is 0.972. The quantitative estimate of drug-likeness (QED) is 0.754. The summed E-state index contributed by atoms with van der Waals surface area (Å²) in [5.74, 6) is 1.07. The van der Waals surface area contributed by atoms with E-state index in [0.717, 1.165) is 11.8 Å². The first-order chi connectivity index (χ1) is 8.38. The van der Waals surface area contributed by atoms with Crippen molar-refractivity contribution in [2.75, 3.05) is 18.9 Å². The molecule has 1 rings (SSSR count). The van der Waals surface area contributed by atoms with Crippen molar-refractivity contribution in [1.82, 2.24) is 9.03 Å². The second-order valence-corrected chi connectivity index (χ2v) is 7.88. The molecule has 0 heterocycles. The fourth-order valence-electron chi connectivity index (χ4n) is 2.35. The third kappa shape index (κ3) is 4.47. The summed E-state index contributed by atoms with van der Waals surface area (Å²) in [6, 6.07) is -0.0131. The van der Waals surface area contributed by atoms with Crippen molar-refractivity contribution in [2.45, 2.75) is 45.6 Å². The van der Waals surface area contributed by atoms with Crippen LogP contribution >= 0.6 is 15.9 Å². The summed E-state index contributed by atoms with van der Waals surface area (Å²) >= 11 is 3.54. The molecular weight excluding hydrogens is 316 g/mol. The molecule has 2 atom stereocenters. The first kappa shape index (κ1) is 16.4. The number of alkyl halides is 1. The van der Waals surface area contributed by atoms with E-state index >= 15 is 0 Å². The normalized spacial score (nSPS) is 25.9. The molecule has 2 unspecified atom stereocenters. The predicted octanol–water partition coefficient (Wildman–Crippen LogP) is 2.36. The van der Waals surface area contributed by atoms with Crippen molar-refractivity contribution < 1.29 is 8.42 Å². The van der Waals surface area contributed by atoms with E-state index in [2.05, 4.69) is 20.7 Å². The highest BCUT2D eigenvalue weighted by Crippen LogP contribution is 2.30. The first-order valence-electron chi connectivity index (χ1n) is 6.67. The Morgan fingerprint density at radius 2 is 1.83 bits per heavy atom. The van der Waals surface area contributed by atoms with Crippen LogP contribution in [0.3, 0.4) is 0 Å². The lowest BCUT2D eigenvalue weighted by Gasteiger charge is -2.31. The fourth-order valence-corrected chi connectivity index (χ4v) is 4.38. The fraction of sp³-hybridized carbons (Fsp3) is 1.00. The van der Waals surface area contributed by atoms with Crippen molar-refractivity contribution in [3.05, 3.63) is 0 Å². The molecule has 108 valence electrons. The molecule has 6 heteroatoms. The van der Waals surface area contributed by atoms with E-state index in [1.807, 2.05) is 13.8 Å². The Morgan fingerprint density at radius 1 is 1.28 bits per heavy atom. The van der Waals surface area contributed by atoms with Gasteiger partial charge in [-0.1, -0.05) is 28.8 Å². The van der Waals surface area contributed by atoms with Crippen LogP contribution in [0.2, 0.25) is 0 Å².